The van der Waals surface area contributed by atoms with Crippen LogP contribution in [0, 0.1) is 0 Å². The number of carboxylic acid groups (broad SMARTS) is 1. The summed E-state index contributed by atoms with van der Waals surface area (Å²) in [5.41, 5.74) is 0. The topological polar surface area (TPSA) is 46.5 Å². The van der Waals surface area contributed by atoms with Gasteiger partial charge >= 0.3 is 5.97 Å². The summed E-state index contributed by atoms with van der Waals surface area (Å²) in [7, 11) is 0. The van der Waals surface area contributed by atoms with Crippen molar-refractivity contribution in [2.24, 2.45) is 0 Å². The molecule has 1 N–H and O–H groups in total. The predicted octanol–water partition coefficient (Wildman–Crippen LogP) is 3.07. The lowest BCUT2D eigenvalue weighted by atomic mass is 10.3. The minimum atomic E-state index is -0.862. The zero-order valence-corrected chi connectivity index (χ0v) is 10.3. The molecule has 14 heavy (non-hydrogen) atoms. The fourth-order valence-corrected chi connectivity index (χ4v) is 2.12. The normalized spacial score (nSPS) is 9.86. The monoisotopic (exact) mass is 322 g/mol. The Morgan fingerprint density at radius 2 is 1.86 bits per heavy atom. The van der Waals surface area contributed by atoms with Crippen LogP contribution in [0.4, 0.5) is 0 Å². The highest BCUT2D eigenvalue weighted by Crippen LogP contribution is 2.24. The van der Waals surface area contributed by atoms with Gasteiger partial charge in [-0.2, -0.15) is 0 Å². The Labute approximate surface area is 98.3 Å². The van der Waals surface area contributed by atoms with E-state index in [1.54, 1.807) is 12.1 Å². The summed E-state index contributed by atoms with van der Waals surface area (Å²) >= 11 is 6.61. The number of carbonyl (C=O) groups is 1. The first-order valence-electron chi connectivity index (χ1n) is 3.88. The highest BCUT2D eigenvalue weighted by Gasteiger charge is 2.00. The van der Waals surface area contributed by atoms with E-state index in [0.29, 0.717) is 5.75 Å². The minimum absolute atomic E-state index is 0.00410. The Bertz CT molecular complexity index is 319. The molecule has 0 unspecified atom stereocenters. The zero-order valence-electron chi connectivity index (χ0n) is 7.17. The van der Waals surface area contributed by atoms with Crippen LogP contribution in [-0.2, 0) is 4.79 Å². The molecule has 1 aromatic rings. The van der Waals surface area contributed by atoms with E-state index in [-0.39, 0.29) is 13.0 Å². The summed E-state index contributed by atoms with van der Waals surface area (Å²) in [5, 5.41) is 8.40. The van der Waals surface area contributed by atoms with E-state index in [0.717, 1.165) is 8.95 Å². The van der Waals surface area contributed by atoms with Crippen molar-refractivity contribution < 1.29 is 14.6 Å². The predicted molar refractivity (Wildman–Crippen MR) is 59.6 cm³/mol. The third-order valence-electron chi connectivity index (χ3n) is 1.42. The molecule has 0 heterocycles. The lowest BCUT2D eigenvalue weighted by Gasteiger charge is -2.05. The molecular weight excluding hydrogens is 316 g/mol. The van der Waals surface area contributed by atoms with Gasteiger partial charge in [0, 0.05) is 8.95 Å². The summed E-state index contributed by atoms with van der Waals surface area (Å²) in [6.07, 6.45) is 0.00410. The van der Waals surface area contributed by atoms with Gasteiger partial charge in [0.1, 0.15) is 5.75 Å². The van der Waals surface area contributed by atoms with E-state index < -0.39 is 5.97 Å². The first-order valence-corrected chi connectivity index (χ1v) is 5.47. The molecule has 0 aliphatic carbocycles. The number of hydrogen-bond acceptors (Lipinski definition) is 2. The number of hydrogen-bond donors (Lipinski definition) is 1. The van der Waals surface area contributed by atoms with Crippen LogP contribution in [-0.4, -0.2) is 17.7 Å². The number of ether oxygens (including phenoxy) is 1. The summed E-state index contributed by atoms with van der Waals surface area (Å²) in [6, 6.07) is 5.45. The van der Waals surface area contributed by atoms with Gasteiger partial charge in [0.05, 0.1) is 13.0 Å². The van der Waals surface area contributed by atoms with Gasteiger partial charge in [-0.3, -0.25) is 4.79 Å². The van der Waals surface area contributed by atoms with Gasteiger partial charge in [0.15, 0.2) is 0 Å². The van der Waals surface area contributed by atoms with Gasteiger partial charge in [0.2, 0.25) is 0 Å². The van der Waals surface area contributed by atoms with E-state index in [9.17, 15) is 4.79 Å². The molecule has 5 heteroatoms. The Balaban J connectivity index is 2.54. The fraction of sp³-hybridized carbons (Fsp3) is 0.222. The molecule has 0 aromatic heterocycles. The van der Waals surface area contributed by atoms with E-state index in [2.05, 4.69) is 31.9 Å². The maximum atomic E-state index is 10.2. The van der Waals surface area contributed by atoms with E-state index in [4.69, 9.17) is 9.84 Å². The van der Waals surface area contributed by atoms with Crippen molar-refractivity contribution >= 4 is 37.8 Å². The third kappa shape index (κ3) is 4.11. The SMILES string of the molecule is O=C(O)CCOc1cc(Br)cc(Br)c1. The van der Waals surface area contributed by atoms with Gasteiger partial charge in [-0.1, -0.05) is 31.9 Å². The molecule has 0 saturated carbocycles. The molecule has 0 aliphatic rings. The first kappa shape index (κ1) is 11.5. The minimum Gasteiger partial charge on any atom is -0.493 e. The van der Waals surface area contributed by atoms with E-state index in [1.807, 2.05) is 6.07 Å². The summed E-state index contributed by atoms with van der Waals surface area (Å²) in [4.78, 5) is 10.2. The summed E-state index contributed by atoms with van der Waals surface area (Å²) in [5.74, 6) is -0.216. The maximum Gasteiger partial charge on any atom is 0.306 e. The molecule has 0 atom stereocenters. The van der Waals surface area contributed by atoms with Crippen molar-refractivity contribution in [3.8, 4) is 5.75 Å². The quantitative estimate of drug-likeness (QED) is 0.926. The third-order valence-corrected chi connectivity index (χ3v) is 2.34. The molecule has 0 aliphatic heterocycles. The number of benzene rings is 1. The maximum absolute atomic E-state index is 10.2. The molecule has 76 valence electrons. The lowest BCUT2D eigenvalue weighted by Crippen LogP contribution is -2.04. The second kappa shape index (κ2) is 5.36. The number of rotatable bonds is 4. The van der Waals surface area contributed by atoms with Gasteiger partial charge in [-0.05, 0) is 18.2 Å². The number of carboxylic acids is 1. The van der Waals surface area contributed by atoms with Crippen LogP contribution in [0.3, 0.4) is 0 Å². The first-order chi connectivity index (χ1) is 6.58. The van der Waals surface area contributed by atoms with Gasteiger partial charge < -0.3 is 9.84 Å². The highest BCUT2D eigenvalue weighted by atomic mass is 79.9. The standard InChI is InChI=1S/C9H8Br2O3/c10-6-3-7(11)5-8(4-6)14-2-1-9(12)13/h3-5H,1-2H2,(H,12,13). The molecular formula is C9H8Br2O3. The number of halogens is 2. The smallest absolute Gasteiger partial charge is 0.306 e. The molecule has 3 nitrogen and oxygen atoms in total. The highest BCUT2D eigenvalue weighted by molar-refractivity contribution is 9.11. The van der Waals surface area contributed by atoms with Crippen molar-refractivity contribution in [3.63, 3.8) is 0 Å². The second-order valence-electron chi connectivity index (χ2n) is 2.60. The average Bonchev–Trinajstić information content (AvgIpc) is 2.01. The molecule has 0 spiro atoms. The van der Waals surface area contributed by atoms with E-state index in [1.165, 1.54) is 0 Å². The fourth-order valence-electron chi connectivity index (χ4n) is 0.868. The van der Waals surface area contributed by atoms with Crippen LogP contribution < -0.4 is 4.74 Å². The molecule has 0 radical (unpaired) electrons. The second-order valence-corrected chi connectivity index (χ2v) is 4.43. The molecule has 0 fully saturated rings. The van der Waals surface area contributed by atoms with Gasteiger partial charge in [-0.25, -0.2) is 0 Å². The van der Waals surface area contributed by atoms with Crippen molar-refractivity contribution in [2.75, 3.05) is 6.61 Å². The van der Waals surface area contributed by atoms with Gasteiger partial charge in [-0.15, -0.1) is 0 Å². The van der Waals surface area contributed by atoms with Crippen LogP contribution in [0.1, 0.15) is 6.42 Å². The average molecular weight is 324 g/mol. The van der Waals surface area contributed by atoms with Crippen LogP contribution in [0.25, 0.3) is 0 Å². The molecule has 0 amide bonds. The zero-order chi connectivity index (χ0) is 10.6. The van der Waals surface area contributed by atoms with Crippen LogP contribution in [0.2, 0.25) is 0 Å². The Hall–Kier alpha value is -0.550. The van der Waals surface area contributed by atoms with Crippen LogP contribution in [0.5, 0.6) is 5.75 Å². The van der Waals surface area contributed by atoms with Crippen molar-refractivity contribution in [3.05, 3.63) is 27.1 Å². The van der Waals surface area contributed by atoms with Gasteiger partial charge in [0.25, 0.3) is 0 Å². The largest absolute Gasteiger partial charge is 0.493 e. The molecule has 0 saturated heterocycles. The van der Waals surface area contributed by atoms with Crippen LogP contribution >= 0.6 is 31.9 Å². The van der Waals surface area contributed by atoms with Crippen molar-refractivity contribution in [1.82, 2.24) is 0 Å². The Morgan fingerprint density at radius 3 is 2.36 bits per heavy atom. The summed E-state index contributed by atoms with van der Waals surface area (Å²) < 4.78 is 7.01. The lowest BCUT2D eigenvalue weighted by molar-refractivity contribution is -0.137. The van der Waals surface area contributed by atoms with Crippen molar-refractivity contribution in [2.45, 2.75) is 6.42 Å². The van der Waals surface area contributed by atoms with E-state index >= 15 is 0 Å². The molecule has 1 rings (SSSR count). The molecule has 1 aromatic carbocycles. The Kier molecular flexibility index (Phi) is 4.41. The number of aliphatic carboxylic acids is 1. The van der Waals surface area contributed by atoms with Crippen molar-refractivity contribution in [1.29, 1.82) is 0 Å². The molecule has 0 bridgehead atoms. The Morgan fingerprint density at radius 1 is 1.29 bits per heavy atom. The summed E-state index contributed by atoms with van der Waals surface area (Å²) in [6.45, 7) is 0.179. The van der Waals surface area contributed by atoms with Crippen LogP contribution in [0.15, 0.2) is 27.1 Å².